The standard InChI is InChI=1S/C13H25N3/c1-5-12(14-4)7-6-9-16-10-8-15-13(16)11(2)3/h8,10-12,14H,5-7,9H2,1-4H3. The summed E-state index contributed by atoms with van der Waals surface area (Å²) >= 11 is 0. The van der Waals surface area contributed by atoms with Crippen LogP contribution in [0, 0.1) is 0 Å². The Morgan fingerprint density at radius 1 is 1.44 bits per heavy atom. The van der Waals surface area contributed by atoms with Crippen LogP contribution in [0.3, 0.4) is 0 Å². The summed E-state index contributed by atoms with van der Waals surface area (Å²) in [5, 5.41) is 3.34. The molecule has 1 N–H and O–H groups in total. The first-order valence-corrected chi connectivity index (χ1v) is 6.37. The lowest BCUT2D eigenvalue weighted by molar-refractivity contribution is 0.462. The van der Waals surface area contributed by atoms with Gasteiger partial charge in [-0.2, -0.15) is 0 Å². The Bertz CT molecular complexity index is 287. The molecule has 92 valence electrons. The van der Waals surface area contributed by atoms with Crippen LogP contribution >= 0.6 is 0 Å². The fourth-order valence-electron chi connectivity index (χ4n) is 2.07. The van der Waals surface area contributed by atoms with Crippen molar-refractivity contribution in [3.63, 3.8) is 0 Å². The van der Waals surface area contributed by atoms with Gasteiger partial charge in [0.1, 0.15) is 5.82 Å². The Balaban J connectivity index is 2.39. The third kappa shape index (κ3) is 3.63. The lowest BCUT2D eigenvalue weighted by Crippen LogP contribution is -2.24. The molecule has 3 nitrogen and oxygen atoms in total. The number of hydrogen-bond acceptors (Lipinski definition) is 2. The van der Waals surface area contributed by atoms with E-state index in [9.17, 15) is 0 Å². The van der Waals surface area contributed by atoms with Gasteiger partial charge in [0.25, 0.3) is 0 Å². The van der Waals surface area contributed by atoms with E-state index in [4.69, 9.17) is 0 Å². The number of aromatic nitrogens is 2. The zero-order valence-electron chi connectivity index (χ0n) is 11.0. The molecule has 16 heavy (non-hydrogen) atoms. The third-order valence-electron chi connectivity index (χ3n) is 3.12. The maximum atomic E-state index is 4.40. The van der Waals surface area contributed by atoms with Gasteiger partial charge in [-0.05, 0) is 26.3 Å². The molecular formula is C13H25N3. The molecular weight excluding hydrogens is 198 g/mol. The Morgan fingerprint density at radius 2 is 2.19 bits per heavy atom. The van der Waals surface area contributed by atoms with Crippen LogP contribution < -0.4 is 5.32 Å². The molecule has 0 fully saturated rings. The van der Waals surface area contributed by atoms with E-state index in [-0.39, 0.29) is 0 Å². The molecule has 0 amide bonds. The van der Waals surface area contributed by atoms with Crippen molar-refractivity contribution in [3.8, 4) is 0 Å². The molecule has 0 saturated heterocycles. The highest BCUT2D eigenvalue weighted by Gasteiger charge is 2.07. The minimum Gasteiger partial charge on any atom is -0.335 e. The summed E-state index contributed by atoms with van der Waals surface area (Å²) in [5.74, 6) is 1.72. The fraction of sp³-hybridized carbons (Fsp3) is 0.769. The Hall–Kier alpha value is -0.830. The highest BCUT2D eigenvalue weighted by molar-refractivity contribution is 4.97. The van der Waals surface area contributed by atoms with Gasteiger partial charge in [0.2, 0.25) is 0 Å². The van der Waals surface area contributed by atoms with Crippen LogP contribution in [-0.2, 0) is 6.54 Å². The Labute approximate surface area is 99.3 Å². The van der Waals surface area contributed by atoms with Crippen LogP contribution in [0.4, 0.5) is 0 Å². The topological polar surface area (TPSA) is 29.9 Å². The van der Waals surface area contributed by atoms with E-state index in [0.29, 0.717) is 12.0 Å². The summed E-state index contributed by atoms with van der Waals surface area (Å²) in [6, 6.07) is 0.658. The molecule has 1 heterocycles. The molecule has 1 rings (SSSR count). The summed E-state index contributed by atoms with van der Waals surface area (Å²) < 4.78 is 2.28. The predicted molar refractivity (Wildman–Crippen MR) is 68.7 cm³/mol. The normalized spacial score (nSPS) is 13.3. The zero-order valence-corrected chi connectivity index (χ0v) is 11.0. The molecule has 0 radical (unpaired) electrons. The van der Waals surface area contributed by atoms with E-state index in [0.717, 1.165) is 6.54 Å². The second-order valence-electron chi connectivity index (χ2n) is 4.67. The van der Waals surface area contributed by atoms with Gasteiger partial charge >= 0.3 is 0 Å². The average molecular weight is 223 g/mol. The minimum absolute atomic E-state index is 0.515. The van der Waals surface area contributed by atoms with E-state index in [1.165, 1.54) is 25.1 Å². The van der Waals surface area contributed by atoms with Crippen molar-refractivity contribution in [2.45, 2.75) is 58.5 Å². The van der Waals surface area contributed by atoms with Crippen LogP contribution in [0.25, 0.3) is 0 Å². The largest absolute Gasteiger partial charge is 0.335 e. The van der Waals surface area contributed by atoms with Crippen molar-refractivity contribution in [1.29, 1.82) is 0 Å². The Morgan fingerprint density at radius 3 is 2.75 bits per heavy atom. The van der Waals surface area contributed by atoms with Crippen molar-refractivity contribution in [1.82, 2.24) is 14.9 Å². The molecule has 1 unspecified atom stereocenters. The number of nitrogens with one attached hydrogen (secondary N) is 1. The van der Waals surface area contributed by atoms with Gasteiger partial charge in [0.05, 0.1) is 0 Å². The highest BCUT2D eigenvalue weighted by atomic mass is 15.1. The highest BCUT2D eigenvalue weighted by Crippen LogP contribution is 2.13. The van der Waals surface area contributed by atoms with E-state index in [2.05, 4.69) is 41.8 Å². The van der Waals surface area contributed by atoms with E-state index in [1.54, 1.807) is 0 Å². The molecule has 0 saturated carbocycles. The SMILES string of the molecule is CCC(CCCn1ccnc1C(C)C)NC. The molecule has 0 aliphatic carbocycles. The summed E-state index contributed by atoms with van der Waals surface area (Å²) in [4.78, 5) is 4.40. The van der Waals surface area contributed by atoms with Crippen LogP contribution in [0.1, 0.15) is 51.8 Å². The molecule has 0 aromatic carbocycles. The van der Waals surface area contributed by atoms with Gasteiger partial charge in [0, 0.05) is 30.9 Å². The molecule has 1 atom stereocenters. The number of imidazole rings is 1. The average Bonchev–Trinajstić information content (AvgIpc) is 2.72. The monoisotopic (exact) mass is 223 g/mol. The second kappa shape index (κ2) is 6.69. The van der Waals surface area contributed by atoms with E-state index < -0.39 is 0 Å². The summed E-state index contributed by atoms with van der Waals surface area (Å²) in [6.45, 7) is 7.71. The first-order valence-electron chi connectivity index (χ1n) is 6.37. The molecule has 0 bridgehead atoms. The molecule has 1 aromatic heterocycles. The summed E-state index contributed by atoms with van der Waals surface area (Å²) in [7, 11) is 2.05. The van der Waals surface area contributed by atoms with Gasteiger partial charge < -0.3 is 9.88 Å². The number of aryl methyl sites for hydroxylation is 1. The minimum atomic E-state index is 0.515. The quantitative estimate of drug-likeness (QED) is 0.770. The van der Waals surface area contributed by atoms with Crippen molar-refractivity contribution in [2.75, 3.05) is 7.05 Å². The maximum Gasteiger partial charge on any atom is 0.111 e. The fourth-order valence-corrected chi connectivity index (χ4v) is 2.07. The number of rotatable bonds is 7. The molecule has 0 spiro atoms. The van der Waals surface area contributed by atoms with Crippen LogP contribution in [-0.4, -0.2) is 22.6 Å². The molecule has 0 aliphatic rings. The lowest BCUT2D eigenvalue weighted by atomic mass is 10.1. The maximum absolute atomic E-state index is 4.40. The van der Waals surface area contributed by atoms with Gasteiger partial charge in [-0.15, -0.1) is 0 Å². The van der Waals surface area contributed by atoms with Crippen LogP contribution in [0.5, 0.6) is 0 Å². The Kier molecular flexibility index (Phi) is 5.53. The van der Waals surface area contributed by atoms with Crippen molar-refractivity contribution < 1.29 is 0 Å². The van der Waals surface area contributed by atoms with Crippen molar-refractivity contribution in [2.24, 2.45) is 0 Å². The number of hydrogen-bond donors (Lipinski definition) is 1. The van der Waals surface area contributed by atoms with Gasteiger partial charge in [-0.1, -0.05) is 20.8 Å². The molecule has 3 heteroatoms. The lowest BCUT2D eigenvalue weighted by Gasteiger charge is -2.15. The van der Waals surface area contributed by atoms with Gasteiger partial charge in [-0.25, -0.2) is 4.98 Å². The van der Waals surface area contributed by atoms with Gasteiger partial charge in [-0.3, -0.25) is 0 Å². The van der Waals surface area contributed by atoms with E-state index >= 15 is 0 Å². The summed E-state index contributed by atoms with van der Waals surface area (Å²) in [6.07, 6.45) is 7.66. The third-order valence-corrected chi connectivity index (χ3v) is 3.12. The first-order chi connectivity index (χ1) is 7.69. The smallest absolute Gasteiger partial charge is 0.111 e. The van der Waals surface area contributed by atoms with E-state index in [1.807, 2.05) is 13.2 Å². The zero-order chi connectivity index (χ0) is 12.0. The predicted octanol–water partition coefficient (Wildman–Crippen LogP) is 2.78. The van der Waals surface area contributed by atoms with Crippen LogP contribution in [0.2, 0.25) is 0 Å². The van der Waals surface area contributed by atoms with Crippen molar-refractivity contribution >= 4 is 0 Å². The molecule has 0 aliphatic heterocycles. The molecule has 1 aromatic rings. The van der Waals surface area contributed by atoms with Gasteiger partial charge in [0.15, 0.2) is 0 Å². The first kappa shape index (κ1) is 13.2. The number of nitrogens with zero attached hydrogens (tertiary/aromatic N) is 2. The van der Waals surface area contributed by atoms with Crippen molar-refractivity contribution in [3.05, 3.63) is 18.2 Å². The summed E-state index contributed by atoms with van der Waals surface area (Å²) in [5.41, 5.74) is 0. The van der Waals surface area contributed by atoms with Crippen LogP contribution in [0.15, 0.2) is 12.4 Å². The second-order valence-corrected chi connectivity index (χ2v) is 4.67.